The number of rotatable bonds is 0. The second-order valence-corrected chi connectivity index (χ2v) is 7.21. The smallest absolute Gasteiger partial charge is 0.172 e. The number of hydrogen-bond acceptors (Lipinski definition) is 3. The summed E-state index contributed by atoms with van der Waals surface area (Å²) in [6.45, 7) is 5.55. The quantitative estimate of drug-likeness (QED) is 0.666. The second-order valence-electron chi connectivity index (χ2n) is 6.35. The lowest BCUT2D eigenvalue weighted by Gasteiger charge is -2.20. The number of Topliss-reactive ketones (excluding diaryl/α,β-unsaturated/α-hetero) is 1. The molecule has 0 aromatic heterocycles. The third kappa shape index (κ3) is 2.46. The Morgan fingerprint density at radius 2 is 2.00 bits per heavy atom. The molecule has 1 aromatic carbocycles. The highest BCUT2D eigenvalue weighted by Gasteiger charge is 2.33. The fourth-order valence-electron chi connectivity index (χ4n) is 2.93. The number of ether oxygens (including phenoxy) is 2. The van der Waals surface area contributed by atoms with Crippen LogP contribution in [0.2, 0.25) is 0 Å². The molecule has 0 fully saturated rings. The molecule has 0 saturated carbocycles. The third-order valence-electron chi connectivity index (χ3n) is 4.06. The van der Waals surface area contributed by atoms with Gasteiger partial charge in [0.25, 0.3) is 0 Å². The van der Waals surface area contributed by atoms with E-state index in [4.69, 9.17) is 9.47 Å². The summed E-state index contributed by atoms with van der Waals surface area (Å²) in [7, 11) is 0. The first-order valence-corrected chi connectivity index (χ1v) is 7.91. The molecule has 3 rings (SSSR count). The zero-order valence-corrected chi connectivity index (χ0v) is 13.5. The van der Waals surface area contributed by atoms with Crippen molar-refractivity contribution in [1.82, 2.24) is 0 Å². The molecule has 0 bridgehead atoms. The van der Waals surface area contributed by atoms with Gasteiger partial charge >= 0.3 is 0 Å². The highest BCUT2D eigenvalue weighted by atomic mass is 79.9. The second kappa shape index (κ2) is 5.06. The Morgan fingerprint density at radius 1 is 1.25 bits per heavy atom. The molecule has 0 N–H and O–H groups in total. The largest absolute Gasteiger partial charge is 0.489 e. The van der Waals surface area contributed by atoms with Crippen molar-refractivity contribution in [2.45, 2.75) is 39.5 Å². The topological polar surface area (TPSA) is 35.5 Å². The molecular weight excluding hydrogens is 320 g/mol. The molecule has 1 aliphatic carbocycles. The average molecular weight is 339 g/mol. The molecule has 108 valence electrons. The molecular formula is C16H19BrO3. The van der Waals surface area contributed by atoms with Crippen molar-refractivity contribution in [3.63, 3.8) is 0 Å². The van der Waals surface area contributed by atoms with Crippen molar-refractivity contribution < 1.29 is 14.3 Å². The van der Waals surface area contributed by atoms with Gasteiger partial charge in [-0.3, -0.25) is 4.79 Å². The molecule has 0 spiro atoms. The number of carbonyl (C=O) groups is 1. The first kappa shape index (κ1) is 13.9. The molecule has 0 amide bonds. The van der Waals surface area contributed by atoms with Crippen LogP contribution in [0.4, 0.5) is 0 Å². The normalized spacial score (nSPS) is 20.9. The van der Waals surface area contributed by atoms with E-state index in [0.717, 1.165) is 34.9 Å². The van der Waals surface area contributed by atoms with Crippen LogP contribution in [0, 0.1) is 5.41 Å². The Balaban J connectivity index is 2.17. The lowest BCUT2D eigenvalue weighted by molar-refractivity contribution is 0.0930. The number of fused-ring (bicyclic) bond motifs is 3. The maximum absolute atomic E-state index is 12.7. The summed E-state index contributed by atoms with van der Waals surface area (Å²) in [6, 6.07) is 1.95. The van der Waals surface area contributed by atoms with Crippen LogP contribution in [0.25, 0.3) is 0 Å². The van der Waals surface area contributed by atoms with E-state index in [0.29, 0.717) is 31.1 Å². The summed E-state index contributed by atoms with van der Waals surface area (Å²) in [5, 5.41) is 0. The molecule has 20 heavy (non-hydrogen) atoms. The van der Waals surface area contributed by atoms with Gasteiger partial charge < -0.3 is 9.47 Å². The van der Waals surface area contributed by atoms with Gasteiger partial charge in [-0.1, -0.05) is 29.8 Å². The van der Waals surface area contributed by atoms with E-state index in [1.165, 1.54) is 0 Å². The van der Waals surface area contributed by atoms with E-state index >= 15 is 0 Å². The van der Waals surface area contributed by atoms with Crippen LogP contribution in [-0.2, 0) is 6.42 Å². The van der Waals surface area contributed by atoms with Gasteiger partial charge in [-0.15, -0.1) is 0 Å². The van der Waals surface area contributed by atoms with E-state index in [1.807, 2.05) is 6.07 Å². The predicted octanol–water partition coefficient (Wildman–Crippen LogP) is 4.16. The SMILES string of the molecule is CC1(C)CCc2c(Br)cc3c(c2C(=O)C1)OCCCO3. The van der Waals surface area contributed by atoms with E-state index in [1.54, 1.807) is 0 Å². The number of ketones is 1. The summed E-state index contributed by atoms with van der Waals surface area (Å²) < 4.78 is 12.5. The summed E-state index contributed by atoms with van der Waals surface area (Å²) >= 11 is 3.60. The van der Waals surface area contributed by atoms with Crippen molar-refractivity contribution in [2.75, 3.05) is 13.2 Å². The van der Waals surface area contributed by atoms with E-state index in [2.05, 4.69) is 29.8 Å². The van der Waals surface area contributed by atoms with Gasteiger partial charge in [0.2, 0.25) is 0 Å². The molecule has 4 heteroatoms. The summed E-state index contributed by atoms with van der Waals surface area (Å²) in [6.07, 6.45) is 3.31. The van der Waals surface area contributed by atoms with Gasteiger partial charge in [0.15, 0.2) is 17.3 Å². The van der Waals surface area contributed by atoms with Gasteiger partial charge in [0, 0.05) is 17.3 Å². The van der Waals surface area contributed by atoms with Gasteiger partial charge in [-0.05, 0) is 29.9 Å². The molecule has 2 aliphatic rings. The van der Waals surface area contributed by atoms with Crippen LogP contribution >= 0.6 is 15.9 Å². The number of carbonyl (C=O) groups excluding carboxylic acids is 1. The third-order valence-corrected chi connectivity index (χ3v) is 4.77. The van der Waals surface area contributed by atoms with Crippen molar-refractivity contribution in [3.8, 4) is 11.5 Å². The van der Waals surface area contributed by atoms with E-state index < -0.39 is 0 Å². The molecule has 1 heterocycles. The fraction of sp³-hybridized carbons (Fsp3) is 0.562. The van der Waals surface area contributed by atoms with E-state index in [-0.39, 0.29) is 11.2 Å². The van der Waals surface area contributed by atoms with Crippen LogP contribution < -0.4 is 9.47 Å². The molecule has 3 nitrogen and oxygen atoms in total. The first-order chi connectivity index (χ1) is 9.48. The van der Waals surface area contributed by atoms with Gasteiger partial charge in [0.05, 0.1) is 18.8 Å². The van der Waals surface area contributed by atoms with Crippen LogP contribution in [0.5, 0.6) is 11.5 Å². The first-order valence-electron chi connectivity index (χ1n) is 7.12. The van der Waals surface area contributed by atoms with Crippen molar-refractivity contribution in [3.05, 3.63) is 21.7 Å². The van der Waals surface area contributed by atoms with E-state index in [9.17, 15) is 4.79 Å². The minimum absolute atomic E-state index is 0.0357. The minimum atomic E-state index is 0.0357. The maximum atomic E-state index is 12.7. The van der Waals surface area contributed by atoms with Crippen molar-refractivity contribution in [1.29, 1.82) is 0 Å². The Morgan fingerprint density at radius 3 is 2.80 bits per heavy atom. The summed E-state index contributed by atoms with van der Waals surface area (Å²) in [5.41, 5.74) is 1.85. The molecule has 0 radical (unpaired) electrons. The number of halogens is 1. The standard InChI is InChI=1S/C16H19BrO3/c1-16(2)5-4-10-11(17)8-13-15(14(10)12(18)9-16)20-7-3-6-19-13/h8H,3-7,9H2,1-2H3. The average Bonchev–Trinajstić information content (AvgIpc) is 2.65. The molecule has 1 aromatic rings. The molecule has 1 aliphatic heterocycles. The van der Waals surface area contributed by atoms with Gasteiger partial charge in [0.1, 0.15) is 0 Å². The molecule has 0 atom stereocenters. The molecule has 0 saturated heterocycles. The van der Waals surface area contributed by atoms with Crippen molar-refractivity contribution in [2.24, 2.45) is 5.41 Å². The lowest BCUT2D eigenvalue weighted by atomic mass is 9.84. The van der Waals surface area contributed by atoms with Crippen LogP contribution in [0.15, 0.2) is 10.5 Å². The Bertz CT molecular complexity index is 563. The van der Waals surface area contributed by atoms with Crippen LogP contribution in [0.1, 0.15) is 49.0 Å². The van der Waals surface area contributed by atoms with Crippen LogP contribution in [-0.4, -0.2) is 19.0 Å². The Labute approximate surface area is 127 Å². The highest BCUT2D eigenvalue weighted by Crippen LogP contribution is 2.45. The van der Waals surface area contributed by atoms with Crippen LogP contribution in [0.3, 0.4) is 0 Å². The van der Waals surface area contributed by atoms with Gasteiger partial charge in [-0.2, -0.15) is 0 Å². The minimum Gasteiger partial charge on any atom is -0.489 e. The Kier molecular flexibility index (Phi) is 3.53. The monoisotopic (exact) mass is 338 g/mol. The summed E-state index contributed by atoms with van der Waals surface area (Å²) in [4.78, 5) is 12.7. The van der Waals surface area contributed by atoms with Gasteiger partial charge in [-0.25, -0.2) is 0 Å². The lowest BCUT2D eigenvalue weighted by Crippen LogP contribution is -2.15. The number of benzene rings is 1. The predicted molar refractivity (Wildman–Crippen MR) is 80.8 cm³/mol. The van der Waals surface area contributed by atoms with Crippen molar-refractivity contribution >= 4 is 21.7 Å². The highest BCUT2D eigenvalue weighted by molar-refractivity contribution is 9.10. The Hall–Kier alpha value is -1.03. The zero-order valence-electron chi connectivity index (χ0n) is 11.9. The zero-order chi connectivity index (χ0) is 14.3. The summed E-state index contributed by atoms with van der Waals surface area (Å²) in [5.74, 6) is 1.52. The fourth-order valence-corrected chi connectivity index (χ4v) is 3.53. The molecule has 0 unspecified atom stereocenters. The maximum Gasteiger partial charge on any atom is 0.172 e. The number of hydrogen-bond donors (Lipinski definition) is 0.